The first-order chi connectivity index (χ1) is 15.2. The number of fused-ring (bicyclic) bond motifs is 5. The molecule has 3 saturated carbocycles. The van der Waals surface area contributed by atoms with Gasteiger partial charge in [-0.2, -0.15) is 0 Å². The van der Waals surface area contributed by atoms with Gasteiger partial charge >= 0.3 is 5.97 Å². The van der Waals surface area contributed by atoms with Crippen molar-refractivity contribution in [2.45, 2.75) is 77.4 Å². The Labute approximate surface area is 189 Å². The molecule has 4 N–H and O–H groups in total. The molecule has 0 bridgehead atoms. The number of oxime groups is 1. The smallest absolute Gasteiger partial charge is 0.328 e. The summed E-state index contributed by atoms with van der Waals surface area (Å²) in [5, 5.41) is 34.8. The van der Waals surface area contributed by atoms with Crippen LogP contribution in [-0.2, 0) is 14.4 Å². The molecule has 0 radical (unpaired) electrons. The molecule has 1 amide bonds. The molecule has 178 valence electrons. The van der Waals surface area contributed by atoms with Gasteiger partial charge in [0.05, 0.1) is 18.4 Å². The highest BCUT2D eigenvalue weighted by molar-refractivity contribution is 5.96. The Morgan fingerprint density at radius 2 is 1.97 bits per heavy atom. The van der Waals surface area contributed by atoms with Crippen LogP contribution in [0.5, 0.6) is 0 Å². The van der Waals surface area contributed by atoms with E-state index in [0.717, 1.165) is 50.7 Å². The molecule has 0 aromatic heterocycles. The van der Waals surface area contributed by atoms with Crippen LogP contribution < -0.4 is 5.32 Å². The second kappa shape index (κ2) is 8.78. The number of aliphatic hydroxyl groups excluding tert-OH is 2. The van der Waals surface area contributed by atoms with Crippen molar-refractivity contribution < 1.29 is 29.7 Å². The number of carboxylic acid groups (broad SMARTS) is 1. The number of aliphatic hydroxyl groups is 2. The molecule has 8 nitrogen and oxygen atoms in total. The van der Waals surface area contributed by atoms with Crippen LogP contribution in [0.25, 0.3) is 0 Å². The molecule has 0 aromatic rings. The van der Waals surface area contributed by atoms with Gasteiger partial charge in [0.2, 0.25) is 0 Å². The maximum atomic E-state index is 11.8. The summed E-state index contributed by atoms with van der Waals surface area (Å²) in [5.41, 5.74) is 2.48. The molecule has 0 heterocycles. The molecule has 3 fully saturated rings. The predicted molar refractivity (Wildman–Crippen MR) is 118 cm³/mol. The Balaban J connectivity index is 1.39. The fourth-order valence-electron chi connectivity index (χ4n) is 7.21. The van der Waals surface area contributed by atoms with Gasteiger partial charge in [-0.15, -0.1) is 0 Å². The van der Waals surface area contributed by atoms with E-state index in [-0.39, 0.29) is 23.5 Å². The standard InChI is InChI=1S/C24H36N2O6/c1-23-9-7-15(26-32-13-21(29)25-19(12-27)22(30)31)11-14(23)3-4-16-17-5-6-20(28)24(17,2)10-8-18(16)23/h11,16-20,27-28H,3-10,12-13H2,1-2H3,(H,25,29)(H,30,31)/t16?,17?,18?,19?,20?,23-,24-/m0/s1. The van der Waals surface area contributed by atoms with Gasteiger partial charge in [0.25, 0.3) is 5.91 Å². The summed E-state index contributed by atoms with van der Waals surface area (Å²) < 4.78 is 0. The number of carbonyl (C=O) groups is 2. The van der Waals surface area contributed by atoms with Crippen molar-refractivity contribution >= 4 is 17.6 Å². The third-order valence-corrected chi connectivity index (χ3v) is 9.12. The Bertz CT molecular complexity index is 825. The molecule has 0 aromatic carbocycles. The molecule has 32 heavy (non-hydrogen) atoms. The molecule has 4 aliphatic carbocycles. The number of amides is 1. The van der Waals surface area contributed by atoms with Crippen LogP contribution in [0.3, 0.4) is 0 Å². The predicted octanol–water partition coefficient (Wildman–Crippen LogP) is 2.24. The normalized spacial score (nSPS) is 40.5. The van der Waals surface area contributed by atoms with Gasteiger partial charge < -0.3 is 25.5 Å². The minimum absolute atomic E-state index is 0.0874. The van der Waals surface area contributed by atoms with Crippen molar-refractivity contribution in [3.63, 3.8) is 0 Å². The average Bonchev–Trinajstić information content (AvgIpc) is 3.06. The zero-order valence-corrected chi connectivity index (χ0v) is 19.0. The molecular formula is C24H36N2O6. The van der Waals surface area contributed by atoms with Crippen molar-refractivity contribution in [3.05, 3.63) is 11.6 Å². The molecule has 0 spiro atoms. The molecule has 8 heteroatoms. The van der Waals surface area contributed by atoms with E-state index < -0.39 is 24.5 Å². The van der Waals surface area contributed by atoms with Gasteiger partial charge in [0.15, 0.2) is 6.61 Å². The van der Waals surface area contributed by atoms with E-state index >= 15 is 0 Å². The second-order valence-electron chi connectivity index (χ2n) is 10.6. The monoisotopic (exact) mass is 448 g/mol. The first-order valence-electron chi connectivity index (χ1n) is 11.9. The minimum atomic E-state index is -1.34. The highest BCUT2D eigenvalue weighted by Crippen LogP contribution is 2.65. The average molecular weight is 449 g/mol. The molecule has 5 unspecified atom stereocenters. The van der Waals surface area contributed by atoms with E-state index in [9.17, 15) is 14.7 Å². The zero-order valence-electron chi connectivity index (χ0n) is 19.0. The highest BCUT2D eigenvalue weighted by atomic mass is 16.6. The van der Waals surface area contributed by atoms with Crippen LogP contribution in [0.1, 0.15) is 65.2 Å². The van der Waals surface area contributed by atoms with E-state index in [4.69, 9.17) is 15.1 Å². The molecule has 7 atom stereocenters. The number of aliphatic carboxylic acids is 1. The quantitative estimate of drug-likeness (QED) is 0.461. The SMILES string of the molecule is C[C@]12CCC3C(CCC4=CC(=NOCC(=O)NC(CO)C(=O)O)CC[C@@]43C)C1CCC2O. The molecule has 0 saturated heterocycles. The van der Waals surface area contributed by atoms with Crippen LogP contribution in [0.4, 0.5) is 0 Å². The number of hydrogen-bond donors (Lipinski definition) is 4. The molecular weight excluding hydrogens is 412 g/mol. The molecule has 0 aliphatic heterocycles. The second-order valence-corrected chi connectivity index (χ2v) is 10.6. The van der Waals surface area contributed by atoms with Crippen LogP contribution >= 0.6 is 0 Å². The van der Waals surface area contributed by atoms with Crippen molar-refractivity contribution in [1.29, 1.82) is 0 Å². The van der Waals surface area contributed by atoms with E-state index in [1.165, 1.54) is 12.0 Å². The van der Waals surface area contributed by atoms with Gasteiger partial charge in [-0.3, -0.25) is 4.79 Å². The van der Waals surface area contributed by atoms with Gasteiger partial charge in [0.1, 0.15) is 6.04 Å². The Kier molecular flexibility index (Phi) is 6.38. The number of nitrogens with zero attached hydrogens (tertiary/aromatic N) is 1. The van der Waals surface area contributed by atoms with E-state index in [0.29, 0.717) is 17.8 Å². The number of carboxylic acids is 1. The number of nitrogens with one attached hydrogen (secondary N) is 1. The number of rotatable bonds is 6. The Morgan fingerprint density at radius 1 is 1.19 bits per heavy atom. The molecule has 4 aliphatic rings. The van der Waals surface area contributed by atoms with Crippen LogP contribution in [-0.4, -0.2) is 58.3 Å². The molecule has 4 rings (SSSR count). The van der Waals surface area contributed by atoms with E-state index in [1.807, 2.05) is 0 Å². The van der Waals surface area contributed by atoms with Gasteiger partial charge in [-0.05, 0) is 86.0 Å². The van der Waals surface area contributed by atoms with Gasteiger partial charge in [0, 0.05) is 0 Å². The third-order valence-electron chi connectivity index (χ3n) is 9.12. The summed E-state index contributed by atoms with van der Waals surface area (Å²) in [6, 6.07) is -1.34. The summed E-state index contributed by atoms with van der Waals surface area (Å²) >= 11 is 0. The number of carbonyl (C=O) groups excluding carboxylic acids is 1. The summed E-state index contributed by atoms with van der Waals surface area (Å²) in [7, 11) is 0. The first kappa shape index (κ1) is 23.2. The Hall–Kier alpha value is -1.93. The number of allylic oxidation sites excluding steroid dienone is 2. The summed E-state index contributed by atoms with van der Waals surface area (Å²) in [5.74, 6) is 0.0219. The maximum absolute atomic E-state index is 11.8. The van der Waals surface area contributed by atoms with Crippen LogP contribution in [0.15, 0.2) is 16.8 Å². The minimum Gasteiger partial charge on any atom is -0.480 e. The van der Waals surface area contributed by atoms with Crippen molar-refractivity contribution in [2.24, 2.45) is 33.7 Å². The van der Waals surface area contributed by atoms with E-state index in [1.54, 1.807) is 0 Å². The van der Waals surface area contributed by atoms with Crippen molar-refractivity contribution in [3.8, 4) is 0 Å². The maximum Gasteiger partial charge on any atom is 0.328 e. The lowest BCUT2D eigenvalue weighted by Gasteiger charge is -2.57. The van der Waals surface area contributed by atoms with Crippen molar-refractivity contribution in [2.75, 3.05) is 13.2 Å². The third kappa shape index (κ3) is 3.96. The summed E-state index contributed by atoms with van der Waals surface area (Å²) in [6.07, 6.45) is 10.3. The highest BCUT2D eigenvalue weighted by Gasteiger charge is 2.58. The lowest BCUT2D eigenvalue weighted by molar-refractivity contribution is -0.143. The van der Waals surface area contributed by atoms with Gasteiger partial charge in [-0.1, -0.05) is 24.6 Å². The lowest BCUT2D eigenvalue weighted by Crippen LogP contribution is -2.51. The first-order valence-corrected chi connectivity index (χ1v) is 11.9. The number of hydrogen-bond acceptors (Lipinski definition) is 6. The van der Waals surface area contributed by atoms with Crippen LogP contribution in [0, 0.1) is 28.6 Å². The van der Waals surface area contributed by atoms with Gasteiger partial charge in [-0.25, -0.2) is 4.79 Å². The fraction of sp³-hybridized carbons (Fsp3) is 0.792. The van der Waals surface area contributed by atoms with Crippen molar-refractivity contribution in [1.82, 2.24) is 5.32 Å². The lowest BCUT2D eigenvalue weighted by atomic mass is 9.47. The topological polar surface area (TPSA) is 128 Å². The largest absolute Gasteiger partial charge is 0.480 e. The summed E-state index contributed by atoms with van der Waals surface area (Å²) in [6.45, 7) is 3.63. The van der Waals surface area contributed by atoms with E-state index in [2.05, 4.69) is 30.4 Å². The fourth-order valence-corrected chi connectivity index (χ4v) is 7.21. The zero-order chi connectivity index (χ0) is 23.1. The summed E-state index contributed by atoms with van der Waals surface area (Å²) in [4.78, 5) is 27.9. The van der Waals surface area contributed by atoms with Crippen LogP contribution in [0.2, 0.25) is 0 Å². The Morgan fingerprint density at radius 3 is 2.69 bits per heavy atom.